The van der Waals surface area contributed by atoms with Crippen LogP contribution in [0.2, 0.25) is 5.82 Å². The van der Waals surface area contributed by atoms with Gasteiger partial charge in [-0.05, 0) is 25.0 Å². The van der Waals surface area contributed by atoms with Crippen LogP contribution in [0.25, 0.3) is 10.3 Å². The van der Waals surface area contributed by atoms with Gasteiger partial charge in [-0.1, -0.05) is 153 Å². The molecule has 37 heavy (non-hydrogen) atoms. The van der Waals surface area contributed by atoms with Gasteiger partial charge in [-0.15, -0.1) is 11.3 Å². The van der Waals surface area contributed by atoms with Crippen molar-refractivity contribution in [1.82, 2.24) is 9.97 Å². The summed E-state index contributed by atoms with van der Waals surface area (Å²) < 4.78 is 0. The first kappa shape index (κ1) is 29.1. The van der Waals surface area contributed by atoms with Crippen molar-refractivity contribution in [2.45, 2.75) is 172 Å². The van der Waals surface area contributed by atoms with E-state index in [1.54, 1.807) is 0 Å². The van der Waals surface area contributed by atoms with Crippen LogP contribution in [-0.2, 0) is 0 Å². The van der Waals surface area contributed by atoms with Crippen LogP contribution in [-0.4, -0.2) is 17.2 Å². The number of thiazole rings is 1. The van der Waals surface area contributed by atoms with E-state index >= 15 is 0 Å². The molecular weight excluding hydrogens is 467 g/mol. The molecule has 2 aliphatic rings. The third-order valence-electron chi connectivity index (χ3n) is 9.28. The van der Waals surface area contributed by atoms with Crippen LogP contribution < -0.4 is 4.91 Å². The van der Waals surface area contributed by atoms with E-state index in [-0.39, 0.29) is 0 Å². The van der Waals surface area contributed by atoms with Crippen LogP contribution in [0.4, 0.5) is 0 Å². The SMILES string of the molecule is B(c1nc2ccc(C3CCCCCCCCCCC3)nc2s1)C1CCCCCCCCCCCCCC1. The largest absolute Gasteiger partial charge is 0.250 e. The first-order chi connectivity index (χ1) is 18.4. The highest BCUT2D eigenvalue weighted by Crippen LogP contribution is 2.31. The molecule has 0 atom stereocenters. The number of hydrogen-bond acceptors (Lipinski definition) is 3. The van der Waals surface area contributed by atoms with Crippen molar-refractivity contribution in [2.75, 3.05) is 0 Å². The lowest BCUT2D eigenvalue weighted by atomic mass is 9.61. The number of aromatic nitrogens is 2. The minimum absolute atomic E-state index is 0.651. The zero-order valence-electron chi connectivity index (χ0n) is 24.0. The molecule has 2 aliphatic carbocycles. The highest BCUT2D eigenvalue weighted by Gasteiger charge is 2.18. The fourth-order valence-electron chi connectivity index (χ4n) is 6.88. The molecule has 2 nitrogen and oxygen atoms in total. The van der Waals surface area contributed by atoms with Crippen LogP contribution in [0.1, 0.15) is 172 Å². The molecule has 0 bridgehead atoms. The summed E-state index contributed by atoms with van der Waals surface area (Å²) in [5, 5.41) is 0. The maximum atomic E-state index is 5.25. The van der Waals surface area contributed by atoms with E-state index in [2.05, 4.69) is 12.1 Å². The molecule has 0 radical (unpaired) electrons. The van der Waals surface area contributed by atoms with Gasteiger partial charge >= 0.3 is 0 Å². The van der Waals surface area contributed by atoms with Gasteiger partial charge in [0, 0.05) is 11.6 Å². The Labute approximate surface area is 233 Å². The molecule has 4 heteroatoms. The molecular formula is C33H55BN2S. The molecule has 0 saturated heterocycles. The summed E-state index contributed by atoms with van der Waals surface area (Å²) in [4.78, 5) is 12.9. The number of pyridine rings is 1. The first-order valence-electron chi connectivity index (χ1n) is 16.6. The summed E-state index contributed by atoms with van der Waals surface area (Å²) in [6.07, 6.45) is 35.6. The normalized spacial score (nSPS) is 22.4. The molecule has 4 rings (SSSR count). The Morgan fingerprint density at radius 3 is 1.43 bits per heavy atom. The van der Waals surface area contributed by atoms with Crippen molar-refractivity contribution in [3.8, 4) is 0 Å². The van der Waals surface area contributed by atoms with Crippen molar-refractivity contribution in [1.29, 1.82) is 0 Å². The Hall–Kier alpha value is -0.895. The molecule has 0 amide bonds. The van der Waals surface area contributed by atoms with E-state index in [1.807, 2.05) is 11.3 Å². The third kappa shape index (κ3) is 11.0. The summed E-state index contributed by atoms with van der Waals surface area (Å²) in [6.45, 7) is 0. The molecule has 0 aliphatic heterocycles. The van der Waals surface area contributed by atoms with E-state index in [0.29, 0.717) is 5.92 Å². The molecule has 2 saturated carbocycles. The zero-order chi connectivity index (χ0) is 25.4. The van der Waals surface area contributed by atoms with Crippen LogP contribution >= 0.6 is 11.3 Å². The van der Waals surface area contributed by atoms with Gasteiger partial charge in [-0.2, -0.15) is 0 Å². The number of nitrogens with zero attached hydrogens (tertiary/aromatic N) is 2. The van der Waals surface area contributed by atoms with Gasteiger partial charge in [0.15, 0.2) is 7.28 Å². The summed E-state index contributed by atoms with van der Waals surface area (Å²) in [5.74, 6) is 1.47. The Balaban J connectivity index is 1.36. The van der Waals surface area contributed by atoms with Crippen LogP contribution in [0.5, 0.6) is 0 Å². The first-order valence-corrected chi connectivity index (χ1v) is 17.5. The van der Waals surface area contributed by atoms with E-state index in [1.165, 1.54) is 183 Å². The highest BCUT2D eigenvalue weighted by molar-refractivity contribution is 7.26. The van der Waals surface area contributed by atoms with E-state index < -0.39 is 0 Å². The monoisotopic (exact) mass is 522 g/mol. The molecule has 0 unspecified atom stereocenters. The standard InChI is InChI=1S/C33H55BN2S/c1-2-4-9-13-17-21-25-29(24-20-16-12-8-3-1)34-33-36-31-27-26-30(35-32(31)37-33)28-22-18-14-10-6-5-7-11-15-19-23-28/h26-29,34H,1-25H2. The Morgan fingerprint density at radius 1 is 0.514 bits per heavy atom. The fourth-order valence-corrected chi connectivity index (χ4v) is 7.93. The molecule has 2 aromatic heterocycles. The number of hydrogen-bond donors (Lipinski definition) is 0. The molecule has 2 heterocycles. The summed E-state index contributed by atoms with van der Waals surface area (Å²) >= 11 is 1.91. The van der Waals surface area contributed by atoms with Gasteiger partial charge in [0.2, 0.25) is 0 Å². The maximum absolute atomic E-state index is 5.25. The van der Waals surface area contributed by atoms with Crippen LogP contribution in [0, 0.1) is 0 Å². The van der Waals surface area contributed by atoms with Crippen molar-refractivity contribution >= 4 is 33.9 Å². The fraction of sp³-hybridized carbons (Fsp3) is 0.818. The molecule has 2 fully saturated rings. The zero-order valence-corrected chi connectivity index (χ0v) is 24.8. The highest BCUT2D eigenvalue weighted by atomic mass is 32.1. The Bertz CT molecular complexity index is 837. The van der Waals surface area contributed by atoms with E-state index in [0.717, 1.165) is 11.3 Å². The lowest BCUT2D eigenvalue weighted by Crippen LogP contribution is -2.19. The second-order valence-electron chi connectivity index (χ2n) is 12.5. The lowest BCUT2D eigenvalue weighted by Gasteiger charge is -2.17. The minimum Gasteiger partial charge on any atom is -0.250 e. The second kappa shape index (κ2) is 17.6. The average Bonchev–Trinajstić information content (AvgIpc) is 3.29. The summed E-state index contributed by atoms with van der Waals surface area (Å²) in [7, 11) is 1.18. The summed E-state index contributed by atoms with van der Waals surface area (Å²) in [5.41, 5.74) is 2.50. The van der Waals surface area contributed by atoms with E-state index in [4.69, 9.17) is 9.97 Å². The number of rotatable bonds is 3. The summed E-state index contributed by atoms with van der Waals surface area (Å²) in [6, 6.07) is 4.62. The molecule has 0 spiro atoms. The minimum atomic E-state index is 0.651. The van der Waals surface area contributed by atoms with Gasteiger partial charge in [-0.25, -0.2) is 4.98 Å². The van der Waals surface area contributed by atoms with Gasteiger partial charge in [0.1, 0.15) is 4.83 Å². The van der Waals surface area contributed by atoms with Crippen LogP contribution in [0.3, 0.4) is 0 Å². The Kier molecular flexibility index (Phi) is 13.9. The van der Waals surface area contributed by atoms with Crippen molar-refractivity contribution in [3.63, 3.8) is 0 Å². The van der Waals surface area contributed by atoms with Crippen molar-refractivity contribution < 1.29 is 0 Å². The van der Waals surface area contributed by atoms with Crippen molar-refractivity contribution in [2.24, 2.45) is 0 Å². The predicted octanol–water partition coefficient (Wildman–Crippen LogP) is 10.4. The Morgan fingerprint density at radius 2 is 0.946 bits per heavy atom. The van der Waals surface area contributed by atoms with E-state index in [9.17, 15) is 0 Å². The van der Waals surface area contributed by atoms with Crippen LogP contribution in [0.15, 0.2) is 12.1 Å². The van der Waals surface area contributed by atoms with Gasteiger partial charge in [-0.3, -0.25) is 4.98 Å². The van der Waals surface area contributed by atoms with Gasteiger partial charge in [0.05, 0.1) is 10.4 Å². The van der Waals surface area contributed by atoms with Gasteiger partial charge in [0.25, 0.3) is 0 Å². The molecule has 0 N–H and O–H groups in total. The maximum Gasteiger partial charge on any atom is 0.199 e. The average molecular weight is 523 g/mol. The molecule has 206 valence electrons. The van der Waals surface area contributed by atoms with Crippen molar-refractivity contribution in [3.05, 3.63) is 17.8 Å². The van der Waals surface area contributed by atoms with Gasteiger partial charge < -0.3 is 0 Å². The smallest absolute Gasteiger partial charge is 0.199 e. The topological polar surface area (TPSA) is 25.8 Å². The third-order valence-corrected chi connectivity index (χ3v) is 10.3. The predicted molar refractivity (Wildman–Crippen MR) is 166 cm³/mol. The molecule has 0 aromatic carbocycles. The quantitative estimate of drug-likeness (QED) is 0.375. The second-order valence-corrected chi connectivity index (χ2v) is 13.6. The number of fused-ring (bicyclic) bond motifs is 1. The molecule has 2 aromatic rings. The lowest BCUT2D eigenvalue weighted by molar-refractivity contribution is 0.463.